The number of esters is 1. The standard InChI is InChI=1S/C21H25N3O4/c1-2-28-21(25)17-9-6-12-23(15-17)18-10-11-20(24(26)27)19(13-18)22-14-16-7-4-3-5-8-16/h3-5,7-8,10-11,13,17,22H,2,6,9,12,14-15H2,1H3. The van der Waals surface area contributed by atoms with E-state index in [1.165, 1.54) is 6.07 Å². The lowest BCUT2D eigenvalue weighted by atomic mass is 9.97. The van der Waals surface area contributed by atoms with Crippen LogP contribution in [0.5, 0.6) is 0 Å². The van der Waals surface area contributed by atoms with Crippen LogP contribution in [0.2, 0.25) is 0 Å². The number of nitrogens with zero attached hydrogens (tertiary/aromatic N) is 2. The summed E-state index contributed by atoms with van der Waals surface area (Å²) in [5.41, 5.74) is 2.43. The molecule has 1 N–H and O–H groups in total. The number of nitrogens with one attached hydrogen (secondary N) is 1. The molecule has 28 heavy (non-hydrogen) atoms. The maximum absolute atomic E-state index is 12.1. The third kappa shape index (κ3) is 4.79. The second-order valence-electron chi connectivity index (χ2n) is 6.83. The van der Waals surface area contributed by atoms with Gasteiger partial charge in [-0.15, -0.1) is 0 Å². The van der Waals surface area contributed by atoms with Gasteiger partial charge >= 0.3 is 5.97 Å². The van der Waals surface area contributed by atoms with E-state index in [4.69, 9.17) is 4.74 Å². The van der Waals surface area contributed by atoms with Crippen LogP contribution in [0.1, 0.15) is 25.3 Å². The molecule has 1 aliphatic heterocycles. The Morgan fingerprint density at radius 1 is 1.29 bits per heavy atom. The highest BCUT2D eigenvalue weighted by molar-refractivity contribution is 5.74. The highest BCUT2D eigenvalue weighted by atomic mass is 16.6. The molecule has 2 aromatic carbocycles. The van der Waals surface area contributed by atoms with Gasteiger partial charge in [0, 0.05) is 31.4 Å². The zero-order chi connectivity index (χ0) is 19.9. The Morgan fingerprint density at radius 3 is 2.79 bits per heavy atom. The minimum Gasteiger partial charge on any atom is -0.466 e. The molecule has 3 rings (SSSR count). The Bertz CT molecular complexity index is 826. The SMILES string of the molecule is CCOC(=O)C1CCCN(c2ccc([N+](=O)[O-])c(NCc3ccccc3)c2)C1. The molecule has 1 heterocycles. The quantitative estimate of drug-likeness (QED) is 0.442. The number of rotatable bonds is 7. The Kier molecular flexibility index (Phi) is 6.47. The van der Waals surface area contributed by atoms with E-state index >= 15 is 0 Å². The molecule has 1 aliphatic rings. The van der Waals surface area contributed by atoms with Gasteiger partial charge in [0.15, 0.2) is 0 Å². The van der Waals surface area contributed by atoms with Gasteiger partial charge in [-0.05, 0) is 37.5 Å². The van der Waals surface area contributed by atoms with Gasteiger partial charge in [-0.2, -0.15) is 0 Å². The van der Waals surface area contributed by atoms with Crippen molar-refractivity contribution in [3.05, 3.63) is 64.2 Å². The van der Waals surface area contributed by atoms with Crippen molar-refractivity contribution in [2.45, 2.75) is 26.3 Å². The first-order chi connectivity index (χ1) is 13.6. The molecular weight excluding hydrogens is 358 g/mol. The van der Waals surface area contributed by atoms with Crippen molar-refractivity contribution in [1.29, 1.82) is 0 Å². The summed E-state index contributed by atoms with van der Waals surface area (Å²) < 4.78 is 5.16. The first-order valence-electron chi connectivity index (χ1n) is 9.56. The maximum atomic E-state index is 12.1. The summed E-state index contributed by atoms with van der Waals surface area (Å²) in [6.07, 6.45) is 1.69. The highest BCUT2D eigenvalue weighted by Crippen LogP contribution is 2.32. The van der Waals surface area contributed by atoms with Gasteiger partial charge in [0.25, 0.3) is 5.69 Å². The second-order valence-corrected chi connectivity index (χ2v) is 6.83. The number of anilines is 2. The molecule has 0 bridgehead atoms. The van der Waals surface area contributed by atoms with Crippen LogP contribution in [-0.2, 0) is 16.1 Å². The van der Waals surface area contributed by atoms with Crippen LogP contribution in [0, 0.1) is 16.0 Å². The summed E-state index contributed by atoms with van der Waals surface area (Å²) in [6.45, 7) is 4.05. The lowest BCUT2D eigenvalue weighted by Crippen LogP contribution is -2.39. The average molecular weight is 383 g/mol. The summed E-state index contributed by atoms with van der Waals surface area (Å²) in [5.74, 6) is -0.332. The van der Waals surface area contributed by atoms with Crippen LogP contribution >= 0.6 is 0 Å². The van der Waals surface area contributed by atoms with Crippen molar-refractivity contribution in [3.8, 4) is 0 Å². The molecule has 148 valence electrons. The topological polar surface area (TPSA) is 84.7 Å². The maximum Gasteiger partial charge on any atom is 0.310 e. The lowest BCUT2D eigenvalue weighted by molar-refractivity contribution is -0.384. The van der Waals surface area contributed by atoms with Crippen LogP contribution in [0.25, 0.3) is 0 Å². The van der Waals surface area contributed by atoms with E-state index in [1.807, 2.05) is 30.3 Å². The summed E-state index contributed by atoms with van der Waals surface area (Å²) >= 11 is 0. The molecule has 0 spiro atoms. The van der Waals surface area contributed by atoms with Gasteiger partial charge in [-0.3, -0.25) is 14.9 Å². The van der Waals surface area contributed by atoms with Gasteiger partial charge in [0.05, 0.1) is 17.4 Å². The molecule has 2 aromatic rings. The summed E-state index contributed by atoms with van der Waals surface area (Å²) in [7, 11) is 0. The summed E-state index contributed by atoms with van der Waals surface area (Å²) in [6, 6.07) is 14.8. The third-order valence-corrected chi connectivity index (χ3v) is 4.91. The van der Waals surface area contributed by atoms with Crippen molar-refractivity contribution in [3.63, 3.8) is 0 Å². The Labute approximate surface area is 164 Å². The van der Waals surface area contributed by atoms with E-state index < -0.39 is 0 Å². The molecule has 1 fully saturated rings. The molecule has 0 aromatic heterocycles. The molecule has 0 amide bonds. The first-order valence-corrected chi connectivity index (χ1v) is 9.56. The number of nitro groups is 1. The van der Waals surface area contributed by atoms with E-state index in [9.17, 15) is 14.9 Å². The first kappa shape index (κ1) is 19.7. The average Bonchev–Trinajstić information content (AvgIpc) is 2.73. The normalized spacial score (nSPS) is 16.5. The smallest absolute Gasteiger partial charge is 0.310 e. The Balaban J connectivity index is 1.78. The Morgan fingerprint density at radius 2 is 2.07 bits per heavy atom. The predicted molar refractivity (Wildman–Crippen MR) is 108 cm³/mol. The van der Waals surface area contributed by atoms with Crippen molar-refractivity contribution in [2.24, 2.45) is 5.92 Å². The number of benzene rings is 2. The summed E-state index contributed by atoms with van der Waals surface area (Å²) in [5, 5.41) is 14.6. The number of carbonyl (C=O) groups is 1. The largest absolute Gasteiger partial charge is 0.466 e. The third-order valence-electron chi connectivity index (χ3n) is 4.91. The molecule has 1 unspecified atom stereocenters. The molecule has 1 atom stereocenters. The van der Waals surface area contributed by atoms with Crippen LogP contribution in [0.3, 0.4) is 0 Å². The van der Waals surface area contributed by atoms with Gasteiger partial charge in [0.2, 0.25) is 0 Å². The number of hydrogen-bond donors (Lipinski definition) is 1. The van der Waals surface area contributed by atoms with Crippen molar-refractivity contribution in [1.82, 2.24) is 0 Å². The minimum absolute atomic E-state index is 0.0404. The van der Waals surface area contributed by atoms with Crippen LogP contribution in [0.4, 0.5) is 17.1 Å². The van der Waals surface area contributed by atoms with Gasteiger partial charge in [-0.1, -0.05) is 30.3 Å². The van der Waals surface area contributed by atoms with E-state index in [0.717, 1.165) is 30.6 Å². The lowest BCUT2D eigenvalue weighted by Gasteiger charge is -2.33. The van der Waals surface area contributed by atoms with E-state index in [0.29, 0.717) is 25.4 Å². The van der Waals surface area contributed by atoms with Gasteiger partial charge in [0.1, 0.15) is 5.69 Å². The number of hydrogen-bond acceptors (Lipinski definition) is 6. The second kappa shape index (κ2) is 9.21. The fourth-order valence-electron chi connectivity index (χ4n) is 3.48. The van der Waals surface area contributed by atoms with Gasteiger partial charge in [-0.25, -0.2) is 0 Å². The van der Waals surface area contributed by atoms with Crippen molar-refractivity contribution < 1.29 is 14.5 Å². The van der Waals surface area contributed by atoms with E-state index in [-0.39, 0.29) is 22.5 Å². The van der Waals surface area contributed by atoms with E-state index in [1.54, 1.807) is 19.1 Å². The molecule has 0 aliphatic carbocycles. The minimum atomic E-state index is -0.380. The summed E-state index contributed by atoms with van der Waals surface area (Å²) in [4.78, 5) is 25.2. The highest BCUT2D eigenvalue weighted by Gasteiger charge is 2.27. The van der Waals surface area contributed by atoms with Gasteiger partial charge < -0.3 is 15.0 Å². The number of piperidine rings is 1. The zero-order valence-electron chi connectivity index (χ0n) is 16.0. The number of carbonyl (C=O) groups excluding carboxylic acids is 1. The fourth-order valence-corrected chi connectivity index (χ4v) is 3.48. The number of ether oxygens (including phenoxy) is 1. The zero-order valence-corrected chi connectivity index (χ0v) is 16.0. The van der Waals surface area contributed by atoms with Crippen LogP contribution in [0.15, 0.2) is 48.5 Å². The Hall–Kier alpha value is -3.09. The molecule has 1 saturated heterocycles. The van der Waals surface area contributed by atoms with Crippen molar-refractivity contribution in [2.75, 3.05) is 29.9 Å². The van der Waals surface area contributed by atoms with E-state index in [2.05, 4.69) is 10.2 Å². The predicted octanol–water partition coefficient (Wildman–Crippen LogP) is 3.99. The molecule has 0 radical (unpaired) electrons. The molecular formula is C21H25N3O4. The molecule has 7 heteroatoms. The van der Waals surface area contributed by atoms with Crippen molar-refractivity contribution >= 4 is 23.0 Å². The molecule has 7 nitrogen and oxygen atoms in total. The fraction of sp³-hybridized carbons (Fsp3) is 0.381. The number of nitro benzene ring substituents is 1. The monoisotopic (exact) mass is 383 g/mol. The molecule has 0 saturated carbocycles. The van der Waals surface area contributed by atoms with Crippen LogP contribution in [-0.4, -0.2) is 30.6 Å². The van der Waals surface area contributed by atoms with Crippen LogP contribution < -0.4 is 10.2 Å².